The maximum Gasteiger partial charge on any atom is 0.318 e. The summed E-state index contributed by atoms with van der Waals surface area (Å²) in [6, 6.07) is 3.24. The number of hydrogen-bond acceptors (Lipinski definition) is 3. The minimum atomic E-state index is -0.864. The van der Waals surface area contributed by atoms with E-state index in [0.717, 1.165) is 25.0 Å². The molecule has 1 aliphatic rings. The van der Waals surface area contributed by atoms with Crippen LogP contribution < -0.4 is 5.32 Å². The number of nitrogens with one attached hydrogen (secondary N) is 1. The van der Waals surface area contributed by atoms with E-state index in [2.05, 4.69) is 5.32 Å². The molecule has 1 aromatic rings. The van der Waals surface area contributed by atoms with E-state index in [1.165, 1.54) is 0 Å². The minimum absolute atomic E-state index is 0.00722. The highest BCUT2D eigenvalue weighted by atomic mass is 16.4. The van der Waals surface area contributed by atoms with Gasteiger partial charge in [0.05, 0.1) is 13.0 Å². The van der Waals surface area contributed by atoms with Crippen LogP contribution in [0.5, 0.6) is 0 Å². The van der Waals surface area contributed by atoms with Gasteiger partial charge in [0, 0.05) is 12.6 Å². The Hall–Kier alpha value is -1.98. The van der Waals surface area contributed by atoms with Crippen molar-refractivity contribution in [3.05, 3.63) is 23.7 Å². The number of furan rings is 1. The molecule has 6 heteroatoms. The second-order valence-electron chi connectivity index (χ2n) is 5.11. The predicted molar refractivity (Wildman–Crippen MR) is 72.3 cm³/mol. The van der Waals surface area contributed by atoms with Gasteiger partial charge in [0.25, 0.3) is 0 Å². The van der Waals surface area contributed by atoms with Gasteiger partial charge < -0.3 is 19.7 Å². The zero-order valence-electron chi connectivity index (χ0n) is 11.6. The molecule has 20 heavy (non-hydrogen) atoms. The lowest BCUT2D eigenvalue weighted by Crippen LogP contribution is -2.49. The van der Waals surface area contributed by atoms with Crippen LogP contribution >= 0.6 is 0 Å². The Kier molecular flexibility index (Phi) is 4.65. The van der Waals surface area contributed by atoms with Crippen molar-refractivity contribution in [1.82, 2.24) is 10.2 Å². The number of carbonyl (C=O) groups excluding carboxylic acids is 1. The quantitative estimate of drug-likeness (QED) is 0.885. The summed E-state index contributed by atoms with van der Waals surface area (Å²) >= 11 is 0. The first-order chi connectivity index (χ1) is 9.56. The van der Waals surface area contributed by atoms with E-state index in [1.807, 2.05) is 19.1 Å². The number of amides is 2. The van der Waals surface area contributed by atoms with Gasteiger partial charge in [0.2, 0.25) is 0 Å². The first-order valence-corrected chi connectivity index (χ1v) is 6.88. The first kappa shape index (κ1) is 14.4. The third-order valence-corrected chi connectivity index (χ3v) is 3.51. The number of aryl methyl sites for hydroxylation is 1. The van der Waals surface area contributed by atoms with Crippen molar-refractivity contribution in [2.45, 2.75) is 45.2 Å². The molecule has 2 rings (SSSR count). The number of carboxylic acid groups (broad SMARTS) is 1. The molecule has 2 heterocycles. The molecule has 2 amide bonds. The van der Waals surface area contributed by atoms with Crippen LogP contribution in [0.4, 0.5) is 4.79 Å². The summed E-state index contributed by atoms with van der Waals surface area (Å²) < 4.78 is 5.39. The van der Waals surface area contributed by atoms with Gasteiger partial charge in [-0.2, -0.15) is 0 Å². The normalized spacial score (nSPS) is 18.9. The summed E-state index contributed by atoms with van der Waals surface area (Å²) in [6.07, 6.45) is 2.65. The van der Waals surface area contributed by atoms with Crippen molar-refractivity contribution in [3.63, 3.8) is 0 Å². The number of carbonyl (C=O) groups is 2. The molecule has 1 fully saturated rings. The summed E-state index contributed by atoms with van der Waals surface area (Å²) in [7, 11) is 0. The van der Waals surface area contributed by atoms with E-state index in [0.29, 0.717) is 18.8 Å². The van der Waals surface area contributed by atoms with Gasteiger partial charge in [0.15, 0.2) is 0 Å². The van der Waals surface area contributed by atoms with E-state index in [-0.39, 0.29) is 18.5 Å². The second kappa shape index (κ2) is 6.45. The first-order valence-electron chi connectivity index (χ1n) is 6.88. The lowest BCUT2D eigenvalue weighted by molar-refractivity contribution is -0.138. The summed E-state index contributed by atoms with van der Waals surface area (Å²) in [4.78, 5) is 24.6. The number of piperidine rings is 1. The molecule has 1 atom stereocenters. The fraction of sp³-hybridized carbons (Fsp3) is 0.571. The third kappa shape index (κ3) is 3.76. The van der Waals surface area contributed by atoms with Gasteiger partial charge in [-0.25, -0.2) is 4.79 Å². The highest BCUT2D eigenvalue weighted by molar-refractivity contribution is 5.76. The Morgan fingerprint density at radius 1 is 1.45 bits per heavy atom. The van der Waals surface area contributed by atoms with E-state index < -0.39 is 5.97 Å². The maximum absolute atomic E-state index is 12.2. The van der Waals surface area contributed by atoms with Crippen LogP contribution in [0.15, 0.2) is 16.5 Å². The smallest absolute Gasteiger partial charge is 0.318 e. The van der Waals surface area contributed by atoms with E-state index in [1.54, 1.807) is 4.90 Å². The number of rotatable bonds is 4. The minimum Gasteiger partial charge on any atom is -0.481 e. The number of carboxylic acids is 1. The maximum atomic E-state index is 12.2. The summed E-state index contributed by atoms with van der Waals surface area (Å²) in [5.41, 5.74) is 0. The summed E-state index contributed by atoms with van der Waals surface area (Å²) in [6.45, 7) is 2.78. The van der Waals surface area contributed by atoms with Crippen molar-refractivity contribution in [3.8, 4) is 0 Å². The number of urea groups is 1. The van der Waals surface area contributed by atoms with Crippen LogP contribution in [0.2, 0.25) is 0 Å². The fourth-order valence-electron chi connectivity index (χ4n) is 2.53. The Balaban J connectivity index is 1.90. The molecular formula is C14H20N2O4. The highest BCUT2D eigenvalue weighted by Gasteiger charge is 2.28. The molecule has 2 N–H and O–H groups in total. The van der Waals surface area contributed by atoms with E-state index >= 15 is 0 Å². The van der Waals surface area contributed by atoms with E-state index in [9.17, 15) is 9.59 Å². The average molecular weight is 280 g/mol. The largest absolute Gasteiger partial charge is 0.481 e. The van der Waals surface area contributed by atoms with Crippen molar-refractivity contribution in [1.29, 1.82) is 0 Å². The molecule has 0 aliphatic carbocycles. The molecule has 1 saturated heterocycles. The molecule has 0 bridgehead atoms. The molecule has 0 spiro atoms. The van der Waals surface area contributed by atoms with Crippen LogP contribution in [-0.4, -0.2) is 34.6 Å². The Bertz CT molecular complexity index is 483. The Morgan fingerprint density at radius 2 is 2.25 bits per heavy atom. The van der Waals surface area contributed by atoms with Crippen molar-refractivity contribution < 1.29 is 19.1 Å². The molecule has 1 aromatic heterocycles. The standard InChI is InChI=1S/C14H20N2O4/c1-10-5-6-12(20-10)9-15-14(19)16-7-3-2-4-11(16)8-13(17)18/h5-6,11H,2-4,7-9H2,1H3,(H,15,19)(H,17,18). The number of aliphatic carboxylic acids is 1. The van der Waals surface area contributed by atoms with Gasteiger partial charge in [-0.1, -0.05) is 0 Å². The van der Waals surface area contributed by atoms with E-state index in [4.69, 9.17) is 9.52 Å². The second-order valence-corrected chi connectivity index (χ2v) is 5.11. The third-order valence-electron chi connectivity index (χ3n) is 3.51. The van der Waals surface area contributed by atoms with Crippen LogP contribution in [0, 0.1) is 6.92 Å². The summed E-state index contributed by atoms with van der Waals surface area (Å²) in [5.74, 6) is 0.634. The molecule has 1 unspecified atom stereocenters. The lowest BCUT2D eigenvalue weighted by atomic mass is 10.00. The molecule has 0 radical (unpaired) electrons. The van der Waals surface area contributed by atoms with Gasteiger partial charge >= 0.3 is 12.0 Å². The Labute approximate surface area is 117 Å². The van der Waals surface area contributed by atoms with Crippen LogP contribution in [0.3, 0.4) is 0 Å². The molecule has 0 saturated carbocycles. The average Bonchev–Trinajstić information content (AvgIpc) is 2.82. The lowest BCUT2D eigenvalue weighted by Gasteiger charge is -2.34. The van der Waals surface area contributed by atoms with Crippen LogP contribution in [-0.2, 0) is 11.3 Å². The zero-order chi connectivity index (χ0) is 14.5. The molecular weight excluding hydrogens is 260 g/mol. The van der Waals surface area contributed by atoms with Gasteiger partial charge in [-0.15, -0.1) is 0 Å². The predicted octanol–water partition coefficient (Wildman–Crippen LogP) is 2.13. The number of nitrogens with zero attached hydrogens (tertiary/aromatic N) is 1. The van der Waals surface area contributed by atoms with Crippen LogP contribution in [0.25, 0.3) is 0 Å². The molecule has 0 aromatic carbocycles. The fourth-order valence-corrected chi connectivity index (χ4v) is 2.53. The van der Waals surface area contributed by atoms with Crippen molar-refractivity contribution in [2.24, 2.45) is 0 Å². The molecule has 6 nitrogen and oxygen atoms in total. The van der Waals surface area contributed by atoms with Crippen molar-refractivity contribution in [2.75, 3.05) is 6.54 Å². The highest BCUT2D eigenvalue weighted by Crippen LogP contribution is 2.20. The van der Waals surface area contributed by atoms with Gasteiger partial charge in [-0.3, -0.25) is 4.79 Å². The van der Waals surface area contributed by atoms with Crippen LogP contribution in [0.1, 0.15) is 37.2 Å². The monoisotopic (exact) mass is 280 g/mol. The number of hydrogen-bond donors (Lipinski definition) is 2. The van der Waals surface area contributed by atoms with Gasteiger partial charge in [0.1, 0.15) is 11.5 Å². The molecule has 110 valence electrons. The van der Waals surface area contributed by atoms with Gasteiger partial charge in [-0.05, 0) is 38.3 Å². The molecule has 1 aliphatic heterocycles. The zero-order valence-corrected chi connectivity index (χ0v) is 11.6. The Morgan fingerprint density at radius 3 is 2.90 bits per heavy atom. The van der Waals surface area contributed by atoms with Crippen molar-refractivity contribution >= 4 is 12.0 Å². The summed E-state index contributed by atoms with van der Waals surface area (Å²) in [5, 5.41) is 11.7. The topological polar surface area (TPSA) is 82.8 Å². The SMILES string of the molecule is Cc1ccc(CNC(=O)N2CCCCC2CC(=O)O)o1. The number of likely N-dealkylation sites (tertiary alicyclic amines) is 1.